The first-order valence-corrected chi connectivity index (χ1v) is 8.72. The van der Waals surface area contributed by atoms with Crippen molar-refractivity contribution in [3.05, 3.63) is 29.3 Å². The number of carboxylic acids is 1. The predicted octanol–water partition coefficient (Wildman–Crippen LogP) is -0.129. The van der Waals surface area contributed by atoms with Crippen molar-refractivity contribution in [1.82, 2.24) is 4.90 Å². The summed E-state index contributed by atoms with van der Waals surface area (Å²) in [5.41, 5.74) is 1.97. The number of aryl methyl sites for hydroxylation is 1. The summed E-state index contributed by atoms with van der Waals surface area (Å²) in [5.74, 6) is -0.885. The van der Waals surface area contributed by atoms with Gasteiger partial charge in [0.1, 0.15) is 5.75 Å². The number of benzene rings is 1. The molecule has 24 heavy (non-hydrogen) atoms. The Morgan fingerprint density at radius 2 is 1.75 bits per heavy atom. The van der Waals surface area contributed by atoms with Crippen molar-refractivity contribution >= 4 is 5.97 Å². The molecule has 5 heteroatoms. The second-order valence-electron chi connectivity index (χ2n) is 6.38. The minimum Gasteiger partial charge on any atom is -0.549 e. The van der Waals surface area contributed by atoms with Crippen molar-refractivity contribution in [2.24, 2.45) is 0 Å². The van der Waals surface area contributed by atoms with Gasteiger partial charge < -0.3 is 15.0 Å². The Morgan fingerprint density at radius 3 is 2.38 bits per heavy atom. The molecule has 0 bridgehead atoms. The molecular weight excluding hydrogens is 297 g/mol. The monoisotopic (exact) mass is 327 g/mol. The molecule has 0 amide bonds. The van der Waals surface area contributed by atoms with E-state index in [2.05, 4.69) is 6.92 Å². The SMILES string of the molecule is CCCCCCCCCc1ccc(O)c(CN(C)CC(=O)[O-])c1.[Li+]. The zero-order chi connectivity index (χ0) is 17.1. The van der Waals surface area contributed by atoms with Crippen LogP contribution >= 0.6 is 0 Å². The quantitative estimate of drug-likeness (QED) is 0.429. The number of nitrogens with zero attached hydrogens (tertiary/aromatic N) is 1. The van der Waals surface area contributed by atoms with Crippen molar-refractivity contribution in [3.63, 3.8) is 0 Å². The fourth-order valence-electron chi connectivity index (χ4n) is 2.77. The molecule has 1 N–H and O–H groups in total. The van der Waals surface area contributed by atoms with Crippen molar-refractivity contribution in [1.29, 1.82) is 0 Å². The van der Waals surface area contributed by atoms with Gasteiger partial charge in [0.25, 0.3) is 0 Å². The summed E-state index contributed by atoms with van der Waals surface area (Å²) in [6.07, 6.45) is 9.97. The number of aliphatic carboxylic acids is 1. The number of unbranched alkanes of at least 4 members (excludes halogenated alkanes) is 6. The fraction of sp³-hybridized carbons (Fsp3) is 0.632. The molecule has 0 aliphatic carbocycles. The minimum atomic E-state index is -1.11. The van der Waals surface area contributed by atoms with Crippen molar-refractivity contribution in [2.75, 3.05) is 13.6 Å². The average molecular weight is 327 g/mol. The summed E-state index contributed by atoms with van der Waals surface area (Å²) in [4.78, 5) is 12.2. The summed E-state index contributed by atoms with van der Waals surface area (Å²) in [7, 11) is 1.71. The van der Waals surface area contributed by atoms with Crippen LogP contribution in [0.5, 0.6) is 5.75 Å². The first-order valence-electron chi connectivity index (χ1n) is 8.72. The zero-order valence-corrected chi connectivity index (χ0v) is 15.5. The molecule has 1 rings (SSSR count). The molecule has 0 spiro atoms. The molecule has 0 atom stereocenters. The number of hydrogen-bond donors (Lipinski definition) is 1. The molecule has 0 unspecified atom stereocenters. The van der Waals surface area contributed by atoms with E-state index >= 15 is 0 Å². The standard InChI is InChI=1S/C19H31NO3.Li/c1-3-4-5-6-7-8-9-10-16-11-12-18(21)17(13-16)14-20(2)15-19(22)23;/h11-13,21H,3-10,14-15H2,1-2H3,(H,22,23);/q;+1/p-1. The Balaban J connectivity index is 0.00000529. The first-order chi connectivity index (χ1) is 11.0. The molecule has 0 saturated carbocycles. The van der Waals surface area contributed by atoms with Crippen LogP contribution in [-0.2, 0) is 17.8 Å². The Bertz CT molecular complexity index is 480. The molecule has 0 fully saturated rings. The number of phenols is 1. The Morgan fingerprint density at radius 1 is 1.12 bits per heavy atom. The number of carbonyl (C=O) groups excluding carboxylic acids is 1. The Hall–Kier alpha value is -0.953. The first kappa shape index (κ1) is 23.0. The van der Waals surface area contributed by atoms with Crippen LogP contribution < -0.4 is 24.0 Å². The van der Waals surface area contributed by atoms with Gasteiger partial charge in [-0.1, -0.05) is 57.6 Å². The summed E-state index contributed by atoms with van der Waals surface area (Å²) < 4.78 is 0. The maximum Gasteiger partial charge on any atom is 1.00 e. The van der Waals surface area contributed by atoms with E-state index in [0.29, 0.717) is 6.54 Å². The third-order valence-electron chi connectivity index (χ3n) is 4.05. The summed E-state index contributed by atoms with van der Waals surface area (Å²) in [6.45, 7) is 2.50. The average Bonchev–Trinajstić information content (AvgIpc) is 2.48. The van der Waals surface area contributed by atoms with Crippen LogP contribution in [0.4, 0.5) is 0 Å². The van der Waals surface area contributed by atoms with E-state index in [4.69, 9.17) is 0 Å². The van der Waals surface area contributed by atoms with Crippen LogP contribution in [0.3, 0.4) is 0 Å². The Kier molecular flexibility index (Phi) is 12.8. The molecule has 0 aliphatic rings. The van der Waals surface area contributed by atoms with Crippen molar-refractivity contribution < 1.29 is 33.9 Å². The van der Waals surface area contributed by atoms with E-state index in [1.54, 1.807) is 18.0 Å². The number of phenolic OH excluding ortho intramolecular Hbond substituents is 1. The third kappa shape index (κ3) is 10.0. The molecule has 4 nitrogen and oxygen atoms in total. The van der Waals surface area contributed by atoms with E-state index in [1.165, 1.54) is 44.1 Å². The van der Waals surface area contributed by atoms with Crippen molar-refractivity contribution in [2.45, 2.75) is 64.8 Å². The second kappa shape index (κ2) is 13.4. The fourth-order valence-corrected chi connectivity index (χ4v) is 2.77. The topological polar surface area (TPSA) is 63.6 Å². The maximum absolute atomic E-state index is 10.6. The van der Waals surface area contributed by atoms with E-state index in [9.17, 15) is 15.0 Å². The molecule has 130 valence electrons. The van der Waals surface area contributed by atoms with Gasteiger partial charge in [-0.2, -0.15) is 0 Å². The van der Waals surface area contributed by atoms with Gasteiger partial charge in [-0.15, -0.1) is 0 Å². The van der Waals surface area contributed by atoms with Crippen LogP contribution in [0.1, 0.15) is 63.0 Å². The number of aromatic hydroxyl groups is 1. The molecule has 0 aliphatic heterocycles. The van der Waals surface area contributed by atoms with Crippen LogP contribution in [-0.4, -0.2) is 29.6 Å². The summed E-state index contributed by atoms with van der Waals surface area (Å²) in [6, 6.07) is 5.64. The normalized spacial score (nSPS) is 10.6. The zero-order valence-electron chi connectivity index (χ0n) is 15.5. The molecular formula is C19H30LiNO3. The molecule has 0 heterocycles. The van der Waals surface area contributed by atoms with Gasteiger partial charge in [0.2, 0.25) is 0 Å². The van der Waals surface area contributed by atoms with E-state index in [-0.39, 0.29) is 31.2 Å². The molecule has 0 saturated heterocycles. The second-order valence-corrected chi connectivity index (χ2v) is 6.38. The number of rotatable bonds is 12. The number of hydrogen-bond acceptors (Lipinski definition) is 4. The van der Waals surface area contributed by atoms with Gasteiger partial charge in [-0.05, 0) is 31.5 Å². The predicted molar refractivity (Wildman–Crippen MR) is 91.1 cm³/mol. The van der Waals surface area contributed by atoms with Crippen LogP contribution in [0, 0.1) is 0 Å². The minimum absolute atomic E-state index is 0. The molecule has 1 aromatic carbocycles. The van der Waals surface area contributed by atoms with E-state index in [0.717, 1.165) is 18.4 Å². The van der Waals surface area contributed by atoms with E-state index < -0.39 is 5.97 Å². The summed E-state index contributed by atoms with van der Waals surface area (Å²) in [5, 5.41) is 20.5. The van der Waals surface area contributed by atoms with Crippen LogP contribution in [0.2, 0.25) is 0 Å². The maximum atomic E-state index is 10.6. The van der Waals surface area contributed by atoms with Gasteiger partial charge >= 0.3 is 18.9 Å². The van der Waals surface area contributed by atoms with Crippen LogP contribution in [0.15, 0.2) is 18.2 Å². The van der Waals surface area contributed by atoms with Gasteiger partial charge in [0.05, 0.1) is 5.97 Å². The number of likely N-dealkylation sites (N-methyl/N-ethyl adjacent to an activating group) is 1. The largest absolute Gasteiger partial charge is 1.00 e. The Labute approximate surface area is 158 Å². The van der Waals surface area contributed by atoms with Crippen LogP contribution in [0.25, 0.3) is 0 Å². The third-order valence-corrected chi connectivity index (χ3v) is 4.05. The van der Waals surface area contributed by atoms with Gasteiger partial charge in [-0.3, -0.25) is 4.90 Å². The van der Waals surface area contributed by atoms with Gasteiger partial charge in [0.15, 0.2) is 0 Å². The summed E-state index contributed by atoms with van der Waals surface area (Å²) >= 11 is 0. The smallest absolute Gasteiger partial charge is 0.549 e. The molecule has 0 radical (unpaired) electrons. The van der Waals surface area contributed by atoms with Gasteiger partial charge in [-0.25, -0.2) is 0 Å². The number of carboxylic acid groups (broad SMARTS) is 1. The van der Waals surface area contributed by atoms with Gasteiger partial charge in [0, 0.05) is 18.7 Å². The number of carbonyl (C=O) groups is 1. The molecule has 0 aromatic heterocycles. The molecule has 1 aromatic rings. The van der Waals surface area contributed by atoms with Crippen molar-refractivity contribution in [3.8, 4) is 5.75 Å². The van der Waals surface area contributed by atoms with E-state index in [1.807, 2.05) is 12.1 Å².